The van der Waals surface area contributed by atoms with Crippen LogP contribution in [0.2, 0.25) is 0 Å². The van der Waals surface area contributed by atoms with E-state index >= 15 is 0 Å². The van der Waals surface area contributed by atoms with Gasteiger partial charge in [-0.1, -0.05) is 26.7 Å². The lowest BCUT2D eigenvalue weighted by Gasteiger charge is -2.39. The van der Waals surface area contributed by atoms with Crippen molar-refractivity contribution in [3.63, 3.8) is 0 Å². The molecule has 1 fully saturated rings. The van der Waals surface area contributed by atoms with Gasteiger partial charge in [0.2, 0.25) is 0 Å². The van der Waals surface area contributed by atoms with E-state index in [0.29, 0.717) is 11.5 Å². The smallest absolute Gasteiger partial charge is 0.0545 e. The second-order valence-electron chi connectivity index (χ2n) is 5.82. The number of hydrogen-bond acceptors (Lipinski definition) is 2. The minimum atomic E-state index is 0.515. The lowest BCUT2D eigenvalue weighted by atomic mass is 9.70. The summed E-state index contributed by atoms with van der Waals surface area (Å²) < 4.78 is 0. The van der Waals surface area contributed by atoms with Crippen molar-refractivity contribution >= 4 is 11.8 Å². The van der Waals surface area contributed by atoms with Crippen LogP contribution in [0.1, 0.15) is 40.0 Å². The molecule has 1 N–H and O–H groups in total. The number of rotatable bonds is 5. The Morgan fingerprint density at radius 3 is 2.81 bits per heavy atom. The summed E-state index contributed by atoms with van der Waals surface area (Å²) in [6.07, 6.45) is 9.24. The van der Waals surface area contributed by atoms with Crippen molar-refractivity contribution in [2.45, 2.75) is 46.1 Å². The predicted molar refractivity (Wildman–Crippen MR) is 74.7 cm³/mol. The summed E-state index contributed by atoms with van der Waals surface area (Å²) in [4.78, 5) is 0. The fraction of sp³-hybridized carbons (Fsp3) is 0.857. The SMILES string of the molecule is C#CCSCCNC1CC(C)CC(C)(C)C1. The Balaban J connectivity index is 2.19. The molecule has 16 heavy (non-hydrogen) atoms. The highest BCUT2D eigenvalue weighted by Gasteiger charge is 2.31. The van der Waals surface area contributed by atoms with Gasteiger partial charge in [0.25, 0.3) is 0 Å². The Morgan fingerprint density at radius 2 is 2.19 bits per heavy atom. The minimum Gasteiger partial charge on any atom is -0.313 e. The molecule has 2 heteroatoms. The van der Waals surface area contributed by atoms with E-state index < -0.39 is 0 Å². The van der Waals surface area contributed by atoms with E-state index in [9.17, 15) is 0 Å². The fourth-order valence-electron chi connectivity index (χ4n) is 2.97. The Hall–Kier alpha value is -0.130. The zero-order chi connectivity index (χ0) is 12.0. The summed E-state index contributed by atoms with van der Waals surface area (Å²) in [5.41, 5.74) is 0.515. The first-order chi connectivity index (χ1) is 7.53. The van der Waals surface area contributed by atoms with Crippen molar-refractivity contribution in [3.05, 3.63) is 0 Å². The van der Waals surface area contributed by atoms with Gasteiger partial charge in [0, 0.05) is 18.3 Å². The fourth-order valence-corrected chi connectivity index (χ4v) is 3.49. The highest BCUT2D eigenvalue weighted by molar-refractivity contribution is 7.99. The molecule has 92 valence electrons. The van der Waals surface area contributed by atoms with E-state index in [1.807, 2.05) is 11.8 Å². The van der Waals surface area contributed by atoms with Crippen LogP contribution in [0, 0.1) is 23.7 Å². The maximum Gasteiger partial charge on any atom is 0.0545 e. The van der Waals surface area contributed by atoms with Crippen LogP contribution in [0.15, 0.2) is 0 Å². The molecule has 0 amide bonds. The number of terminal acetylenes is 1. The number of thioether (sulfide) groups is 1. The summed E-state index contributed by atoms with van der Waals surface area (Å²) in [6.45, 7) is 8.26. The highest BCUT2D eigenvalue weighted by Crippen LogP contribution is 2.38. The Morgan fingerprint density at radius 1 is 1.44 bits per heavy atom. The average molecular weight is 239 g/mol. The molecular formula is C14H25NS. The van der Waals surface area contributed by atoms with E-state index in [-0.39, 0.29) is 0 Å². The summed E-state index contributed by atoms with van der Waals surface area (Å²) in [5, 5.41) is 3.68. The summed E-state index contributed by atoms with van der Waals surface area (Å²) in [6, 6.07) is 0.713. The van der Waals surface area contributed by atoms with Crippen molar-refractivity contribution in [3.8, 4) is 12.3 Å². The van der Waals surface area contributed by atoms with Gasteiger partial charge in [-0.2, -0.15) is 0 Å². The van der Waals surface area contributed by atoms with Gasteiger partial charge in [-0.05, 0) is 30.6 Å². The molecule has 1 aliphatic carbocycles. The van der Waals surface area contributed by atoms with Crippen molar-refractivity contribution in [2.24, 2.45) is 11.3 Å². The first kappa shape index (κ1) is 13.9. The summed E-state index contributed by atoms with van der Waals surface area (Å²) in [7, 11) is 0. The molecule has 1 saturated carbocycles. The summed E-state index contributed by atoms with van der Waals surface area (Å²) >= 11 is 1.84. The van der Waals surface area contributed by atoms with Gasteiger partial charge in [-0.25, -0.2) is 0 Å². The topological polar surface area (TPSA) is 12.0 Å². The van der Waals surface area contributed by atoms with Crippen molar-refractivity contribution < 1.29 is 0 Å². The molecule has 1 nitrogen and oxygen atoms in total. The van der Waals surface area contributed by atoms with Crippen molar-refractivity contribution in [1.82, 2.24) is 5.32 Å². The minimum absolute atomic E-state index is 0.515. The zero-order valence-corrected chi connectivity index (χ0v) is 11.7. The Labute approximate surface area is 105 Å². The van der Waals surface area contributed by atoms with Crippen LogP contribution in [-0.2, 0) is 0 Å². The van der Waals surface area contributed by atoms with Crippen LogP contribution in [0.5, 0.6) is 0 Å². The zero-order valence-electron chi connectivity index (χ0n) is 10.9. The largest absolute Gasteiger partial charge is 0.313 e. The third-order valence-electron chi connectivity index (χ3n) is 3.25. The molecule has 0 aromatic heterocycles. The molecular weight excluding hydrogens is 214 g/mol. The van der Waals surface area contributed by atoms with Crippen LogP contribution >= 0.6 is 11.8 Å². The standard InChI is InChI=1S/C14H25NS/c1-5-7-16-8-6-15-13-9-12(2)10-14(3,4)11-13/h1,12-13,15H,6-11H2,2-4H3. The van der Waals surface area contributed by atoms with Crippen molar-refractivity contribution in [2.75, 3.05) is 18.1 Å². The molecule has 2 atom stereocenters. The van der Waals surface area contributed by atoms with Crippen LogP contribution < -0.4 is 5.32 Å². The van der Waals surface area contributed by atoms with Gasteiger partial charge >= 0.3 is 0 Å². The molecule has 0 bridgehead atoms. The maximum atomic E-state index is 5.22. The van der Waals surface area contributed by atoms with Crippen LogP contribution in [-0.4, -0.2) is 24.1 Å². The molecule has 2 unspecified atom stereocenters. The molecule has 0 spiro atoms. The van der Waals surface area contributed by atoms with Gasteiger partial charge in [0.15, 0.2) is 0 Å². The van der Waals surface area contributed by atoms with Gasteiger partial charge in [0.1, 0.15) is 0 Å². The van der Waals surface area contributed by atoms with Crippen LogP contribution in [0.4, 0.5) is 0 Å². The van der Waals surface area contributed by atoms with E-state index in [2.05, 4.69) is 32.0 Å². The molecule has 0 aromatic rings. The van der Waals surface area contributed by atoms with Crippen molar-refractivity contribution in [1.29, 1.82) is 0 Å². The van der Waals surface area contributed by atoms with E-state index in [0.717, 1.165) is 24.0 Å². The first-order valence-electron chi connectivity index (χ1n) is 6.28. The predicted octanol–water partition coefficient (Wildman–Crippen LogP) is 3.16. The molecule has 0 aromatic carbocycles. The highest BCUT2D eigenvalue weighted by atomic mass is 32.2. The average Bonchev–Trinajstić information content (AvgIpc) is 2.14. The summed E-state index contributed by atoms with van der Waals surface area (Å²) in [5.74, 6) is 5.50. The Kier molecular flexibility index (Phi) is 5.72. The lowest BCUT2D eigenvalue weighted by molar-refractivity contribution is 0.153. The second-order valence-corrected chi connectivity index (χ2v) is 6.93. The third kappa shape index (κ3) is 5.27. The molecule has 0 aliphatic heterocycles. The monoisotopic (exact) mass is 239 g/mol. The Bertz CT molecular complexity index is 242. The first-order valence-corrected chi connectivity index (χ1v) is 7.43. The molecule has 1 aliphatic rings. The van der Waals surface area contributed by atoms with Gasteiger partial charge in [0.05, 0.1) is 5.75 Å². The number of hydrogen-bond donors (Lipinski definition) is 1. The van der Waals surface area contributed by atoms with E-state index in [4.69, 9.17) is 6.42 Å². The van der Waals surface area contributed by atoms with Crippen LogP contribution in [0.3, 0.4) is 0 Å². The maximum absolute atomic E-state index is 5.22. The second kappa shape index (κ2) is 6.57. The lowest BCUT2D eigenvalue weighted by Crippen LogP contribution is -2.41. The normalized spacial score (nSPS) is 28.6. The molecule has 0 saturated heterocycles. The van der Waals surface area contributed by atoms with Crippen LogP contribution in [0.25, 0.3) is 0 Å². The molecule has 0 heterocycles. The number of nitrogens with one attached hydrogen (secondary N) is 1. The quantitative estimate of drug-likeness (QED) is 0.584. The van der Waals surface area contributed by atoms with Gasteiger partial charge < -0.3 is 5.32 Å². The molecule has 0 radical (unpaired) electrons. The van der Waals surface area contributed by atoms with Gasteiger partial charge in [-0.3, -0.25) is 0 Å². The van der Waals surface area contributed by atoms with Gasteiger partial charge in [-0.15, -0.1) is 18.2 Å². The van der Waals surface area contributed by atoms with E-state index in [1.54, 1.807) is 0 Å². The van der Waals surface area contributed by atoms with E-state index in [1.165, 1.54) is 19.3 Å². The third-order valence-corrected chi connectivity index (χ3v) is 4.12. The molecule has 1 rings (SSSR count).